The molecule has 0 amide bonds. The normalized spacial score (nSPS) is 18.9. The Morgan fingerprint density at radius 2 is 2.25 bits per heavy atom. The molecule has 0 bridgehead atoms. The van der Waals surface area contributed by atoms with Crippen molar-refractivity contribution in [2.45, 2.75) is 25.9 Å². The minimum absolute atomic E-state index is 0.313. The van der Waals surface area contributed by atoms with Gasteiger partial charge in [-0.25, -0.2) is 0 Å². The van der Waals surface area contributed by atoms with Gasteiger partial charge in [0.05, 0.1) is 6.61 Å². The minimum Gasteiger partial charge on any atom is -0.490 e. The van der Waals surface area contributed by atoms with Gasteiger partial charge < -0.3 is 9.47 Å². The number of rotatable bonds is 6. The third-order valence-corrected chi connectivity index (χ3v) is 2.50. The Kier molecular flexibility index (Phi) is 4.00. The standard InChI is InChI=1S/C14H18O2/c1-2-3-4-7-12-8-5-6-9-14(12)16-11-13-10-15-13/h4-9,13H,2-3,10-11H2,1H3/b7-4+. The smallest absolute Gasteiger partial charge is 0.126 e. The van der Waals surface area contributed by atoms with E-state index < -0.39 is 0 Å². The lowest BCUT2D eigenvalue weighted by Crippen LogP contribution is -2.04. The van der Waals surface area contributed by atoms with E-state index in [9.17, 15) is 0 Å². The number of ether oxygens (including phenoxy) is 2. The summed E-state index contributed by atoms with van der Waals surface area (Å²) in [5.74, 6) is 0.949. The van der Waals surface area contributed by atoms with Crippen LogP contribution in [0.5, 0.6) is 5.75 Å². The second-order valence-electron chi connectivity index (χ2n) is 4.00. The van der Waals surface area contributed by atoms with Crippen LogP contribution >= 0.6 is 0 Å². The zero-order chi connectivity index (χ0) is 11.2. The van der Waals surface area contributed by atoms with Gasteiger partial charge in [-0.2, -0.15) is 0 Å². The Labute approximate surface area is 96.9 Å². The Morgan fingerprint density at radius 3 is 3.00 bits per heavy atom. The van der Waals surface area contributed by atoms with E-state index in [1.165, 1.54) is 6.42 Å². The third-order valence-electron chi connectivity index (χ3n) is 2.50. The number of hydrogen-bond acceptors (Lipinski definition) is 2. The molecule has 1 heterocycles. The van der Waals surface area contributed by atoms with Crippen LogP contribution in [0.4, 0.5) is 0 Å². The van der Waals surface area contributed by atoms with E-state index in [-0.39, 0.29) is 0 Å². The van der Waals surface area contributed by atoms with E-state index in [1.807, 2.05) is 18.2 Å². The lowest BCUT2D eigenvalue weighted by atomic mass is 10.1. The molecule has 1 aliphatic rings. The molecule has 2 nitrogen and oxygen atoms in total. The zero-order valence-corrected chi connectivity index (χ0v) is 9.69. The van der Waals surface area contributed by atoms with Gasteiger partial charge in [-0.3, -0.25) is 0 Å². The van der Waals surface area contributed by atoms with Crippen molar-refractivity contribution >= 4 is 6.08 Å². The van der Waals surface area contributed by atoms with Gasteiger partial charge in [0, 0.05) is 5.56 Å². The molecule has 0 N–H and O–H groups in total. The van der Waals surface area contributed by atoms with Crippen LogP contribution in [0.3, 0.4) is 0 Å². The summed E-state index contributed by atoms with van der Waals surface area (Å²) >= 11 is 0. The topological polar surface area (TPSA) is 21.8 Å². The molecule has 0 aromatic heterocycles. The van der Waals surface area contributed by atoms with Gasteiger partial charge in [0.2, 0.25) is 0 Å². The zero-order valence-electron chi connectivity index (χ0n) is 9.69. The molecule has 0 radical (unpaired) electrons. The van der Waals surface area contributed by atoms with Crippen LogP contribution in [0.25, 0.3) is 6.08 Å². The second kappa shape index (κ2) is 5.71. The summed E-state index contributed by atoms with van der Waals surface area (Å²) in [6.07, 6.45) is 6.92. The fraction of sp³-hybridized carbons (Fsp3) is 0.429. The van der Waals surface area contributed by atoms with E-state index >= 15 is 0 Å². The van der Waals surface area contributed by atoms with Crippen LogP contribution in [-0.4, -0.2) is 19.3 Å². The van der Waals surface area contributed by atoms with Crippen LogP contribution in [-0.2, 0) is 4.74 Å². The number of epoxide rings is 1. The molecule has 1 aliphatic heterocycles. The van der Waals surface area contributed by atoms with Crippen molar-refractivity contribution in [3.63, 3.8) is 0 Å². The number of allylic oxidation sites excluding steroid dienone is 1. The summed E-state index contributed by atoms with van der Waals surface area (Å²) in [5.41, 5.74) is 1.15. The van der Waals surface area contributed by atoms with Crippen LogP contribution in [0.1, 0.15) is 25.3 Å². The first-order valence-corrected chi connectivity index (χ1v) is 5.90. The van der Waals surface area contributed by atoms with Crippen LogP contribution in [0.2, 0.25) is 0 Å². The Morgan fingerprint density at radius 1 is 1.44 bits per heavy atom. The number of benzene rings is 1. The van der Waals surface area contributed by atoms with Gasteiger partial charge in [-0.1, -0.05) is 43.7 Å². The Hall–Kier alpha value is -1.28. The molecule has 0 saturated carbocycles. The SMILES string of the molecule is CCC/C=C/c1ccccc1OCC1CO1. The number of hydrogen-bond donors (Lipinski definition) is 0. The number of unbranched alkanes of at least 4 members (excludes halogenated alkanes) is 1. The van der Waals surface area contributed by atoms with Gasteiger partial charge >= 0.3 is 0 Å². The highest BCUT2D eigenvalue weighted by Gasteiger charge is 2.23. The average Bonchev–Trinajstić information content (AvgIpc) is 3.12. The van der Waals surface area contributed by atoms with Crippen LogP contribution in [0, 0.1) is 0 Å². The fourth-order valence-electron chi connectivity index (χ4n) is 1.47. The van der Waals surface area contributed by atoms with Crippen molar-refractivity contribution in [1.29, 1.82) is 0 Å². The summed E-state index contributed by atoms with van der Waals surface area (Å²) in [6.45, 7) is 3.68. The van der Waals surface area contributed by atoms with Crippen molar-refractivity contribution in [1.82, 2.24) is 0 Å². The summed E-state index contributed by atoms with van der Waals surface area (Å²) in [5, 5.41) is 0. The predicted molar refractivity (Wildman–Crippen MR) is 65.6 cm³/mol. The van der Waals surface area contributed by atoms with Gasteiger partial charge in [-0.15, -0.1) is 0 Å². The largest absolute Gasteiger partial charge is 0.490 e. The van der Waals surface area contributed by atoms with Gasteiger partial charge in [0.25, 0.3) is 0 Å². The monoisotopic (exact) mass is 218 g/mol. The summed E-state index contributed by atoms with van der Waals surface area (Å²) in [7, 11) is 0. The first-order chi connectivity index (χ1) is 7.90. The molecular weight excluding hydrogens is 200 g/mol. The van der Waals surface area contributed by atoms with E-state index in [0.29, 0.717) is 12.7 Å². The molecule has 2 rings (SSSR count). The molecule has 2 heteroatoms. The maximum atomic E-state index is 5.72. The third kappa shape index (κ3) is 3.38. The summed E-state index contributed by atoms with van der Waals surface area (Å²) in [4.78, 5) is 0. The van der Waals surface area contributed by atoms with Crippen LogP contribution in [0.15, 0.2) is 30.3 Å². The minimum atomic E-state index is 0.313. The lowest BCUT2D eigenvalue weighted by molar-refractivity contribution is 0.262. The molecule has 0 aliphatic carbocycles. The Bertz CT molecular complexity index is 354. The maximum absolute atomic E-state index is 5.72. The highest BCUT2D eigenvalue weighted by atomic mass is 16.6. The lowest BCUT2D eigenvalue weighted by Gasteiger charge is -2.07. The first-order valence-electron chi connectivity index (χ1n) is 5.90. The first kappa shape index (κ1) is 11.2. The average molecular weight is 218 g/mol. The van der Waals surface area contributed by atoms with E-state index in [0.717, 1.165) is 24.3 Å². The van der Waals surface area contributed by atoms with Crippen molar-refractivity contribution in [3.8, 4) is 5.75 Å². The van der Waals surface area contributed by atoms with E-state index in [4.69, 9.17) is 9.47 Å². The van der Waals surface area contributed by atoms with Crippen molar-refractivity contribution in [3.05, 3.63) is 35.9 Å². The van der Waals surface area contributed by atoms with Crippen molar-refractivity contribution in [2.75, 3.05) is 13.2 Å². The molecule has 1 saturated heterocycles. The van der Waals surface area contributed by atoms with Gasteiger partial charge in [0.15, 0.2) is 0 Å². The van der Waals surface area contributed by atoms with Gasteiger partial charge in [0.1, 0.15) is 18.5 Å². The molecular formula is C14H18O2. The molecule has 1 unspecified atom stereocenters. The second-order valence-corrected chi connectivity index (χ2v) is 4.00. The Balaban J connectivity index is 1.97. The molecule has 86 valence electrons. The predicted octanol–water partition coefficient (Wildman–Crippen LogP) is 3.28. The molecule has 1 atom stereocenters. The molecule has 1 aromatic rings. The quantitative estimate of drug-likeness (QED) is 0.683. The molecule has 1 aromatic carbocycles. The fourth-order valence-corrected chi connectivity index (χ4v) is 1.47. The molecule has 1 fully saturated rings. The molecule has 16 heavy (non-hydrogen) atoms. The highest BCUT2D eigenvalue weighted by Crippen LogP contribution is 2.21. The van der Waals surface area contributed by atoms with Crippen LogP contribution < -0.4 is 4.74 Å². The number of para-hydroxylation sites is 1. The summed E-state index contributed by atoms with van der Waals surface area (Å²) < 4.78 is 10.8. The highest BCUT2D eigenvalue weighted by molar-refractivity contribution is 5.57. The maximum Gasteiger partial charge on any atom is 0.126 e. The molecule has 0 spiro atoms. The van der Waals surface area contributed by atoms with Crippen molar-refractivity contribution in [2.24, 2.45) is 0 Å². The van der Waals surface area contributed by atoms with Gasteiger partial charge in [-0.05, 0) is 12.5 Å². The van der Waals surface area contributed by atoms with E-state index in [1.54, 1.807) is 0 Å². The van der Waals surface area contributed by atoms with Crippen molar-refractivity contribution < 1.29 is 9.47 Å². The summed E-state index contributed by atoms with van der Waals surface area (Å²) in [6, 6.07) is 8.12. The van der Waals surface area contributed by atoms with E-state index in [2.05, 4.69) is 25.1 Å².